The van der Waals surface area contributed by atoms with Crippen LogP contribution >= 0.6 is 19.2 Å². The van der Waals surface area contributed by atoms with Crippen molar-refractivity contribution in [2.24, 2.45) is 0 Å². The number of anilines is 3. The van der Waals surface area contributed by atoms with Crippen LogP contribution < -0.4 is 25.4 Å². The lowest BCUT2D eigenvalue weighted by atomic mass is 10.1. The summed E-state index contributed by atoms with van der Waals surface area (Å²) in [4.78, 5) is 26.0. The van der Waals surface area contributed by atoms with Crippen LogP contribution in [0, 0.1) is 11.6 Å². The fourth-order valence-corrected chi connectivity index (χ4v) is 6.56. The number of piperidine rings is 1. The van der Waals surface area contributed by atoms with Gasteiger partial charge in [0.05, 0.1) is 44.1 Å². The largest absolute Gasteiger partial charge is 0.493 e. The SMILES string of the molecule is COc1cc2c(Nc3ncc(CC(=O)Nc4cccc(F)c4F)s3)ncnc2cc1OCCCOP(=O)(OC)OC1CCNCC1. The summed E-state index contributed by atoms with van der Waals surface area (Å²) in [7, 11) is -0.859. The summed E-state index contributed by atoms with van der Waals surface area (Å²) < 4.78 is 67.8. The number of fused-ring (bicyclic) bond motifs is 1. The molecule has 0 bridgehead atoms. The number of ether oxygens (including phenoxy) is 2. The third-order valence-corrected chi connectivity index (χ3v) is 9.26. The van der Waals surface area contributed by atoms with Gasteiger partial charge in [-0.25, -0.2) is 28.3 Å². The molecule has 1 fully saturated rings. The maximum atomic E-state index is 13.9. The lowest BCUT2D eigenvalue weighted by molar-refractivity contribution is -0.115. The van der Waals surface area contributed by atoms with Crippen molar-refractivity contribution in [1.82, 2.24) is 20.3 Å². The molecule has 1 atom stereocenters. The Bertz CT molecular complexity index is 1710. The summed E-state index contributed by atoms with van der Waals surface area (Å²) >= 11 is 1.20. The molecule has 0 saturated carbocycles. The first-order valence-corrected chi connectivity index (χ1v) is 16.6. The minimum Gasteiger partial charge on any atom is -0.493 e. The summed E-state index contributed by atoms with van der Waals surface area (Å²) in [5.41, 5.74) is 0.331. The molecule has 1 aliphatic heterocycles. The Morgan fingerprint density at radius 3 is 2.72 bits per heavy atom. The normalized spacial score (nSPS) is 15.0. The number of phosphoric acid groups is 1. The monoisotopic (exact) mass is 678 g/mol. The number of nitrogens with zero attached hydrogens (tertiary/aromatic N) is 3. The predicted octanol–water partition coefficient (Wildman–Crippen LogP) is 5.61. The molecule has 1 saturated heterocycles. The average Bonchev–Trinajstić information content (AvgIpc) is 3.49. The highest BCUT2D eigenvalue weighted by molar-refractivity contribution is 7.48. The Balaban J connectivity index is 1.17. The first kappa shape index (κ1) is 33.6. The molecule has 1 aliphatic rings. The molecule has 0 spiro atoms. The van der Waals surface area contributed by atoms with E-state index < -0.39 is 25.4 Å². The molecule has 1 unspecified atom stereocenters. The zero-order valence-electron chi connectivity index (χ0n) is 25.1. The Kier molecular flexibility index (Phi) is 11.4. The molecule has 2 aromatic carbocycles. The highest BCUT2D eigenvalue weighted by Crippen LogP contribution is 2.50. The van der Waals surface area contributed by atoms with Gasteiger partial charge in [0.1, 0.15) is 12.1 Å². The van der Waals surface area contributed by atoms with Crippen molar-refractivity contribution in [1.29, 1.82) is 0 Å². The number of rotatable bonds is 15. The van der Waals surface area contributed by atoms with Crippen molar-refractivity contribution in [3.05, 3.63) is 59.4 Å². The van der Waals surface area contributed by atoms with E-state index >= 15 is 0 Å². The third-order valence-electron chi connectivity index (χ3n) is 6.84. The zero-order valence-corrected chi connectivity index (χ0v) is 26.8. The number of nitrogens with one attached hydrogen (secondary N) is 3. The maximum absolute atomic E-state index is 13.9. The molecule has 1 amide bonds. The van der Waals surface area contributed by atoms with Crippen molar-refractivity contribution in [2.75, 3.05) is 51.2 Å². The molecular formula is C29H33F2N6O7PS. The van der Waals surface area contributed by atoms with Gasteiger partial charge in [0.2, 0.25) is 5.91 Å². The topological polar surface area (TPSA) is 155 Å². The van der Waals surface area contributed by atoms with Gasteiger partial charge in [0, 0.05) is 36.1 Å². The van der Waals surface area contributed by atoms with Gasteiger partial charge in [-0.05, 0) is 44.1 Å². The molecule has 5 rings (SSSR count). The summed E-state index contributed by atoms with van der Waals surface area (Å²) in [6.07, 6.45) is 4.49. The van der Waals surface area contributed by atoms with Crippen molar-refractivity contribution >= 4 is 52.6 Å². The number of halogens is 2. The quantitative estimate of drug-likeness (QED) is 0.106. The van der Waals surface area contributed by atoms with E-state index in [-0.39, 0.29) is 31.4 Å². The number of hydrogen-bond acceptors (Lipinski definition) is 13. The first-order chi connectivity index (χ1) is 22.3. The maximum Gasteiger partial charge on any atom is 0.474 e. The minimum atomic E-state index is -3.67. The second-order valence-corrected chi connectivity index (χ2v) is 12.9. The van der Waals surface area contributed by atoms with E-state index in [2.05, 4.69) is 30.9 Å². The van der Waals surface area contributed by atoms with E-state index in [1.54, 1.807) is 12.1 Å². The van der Waals surface area contributed by atoms with Crippen LogP contribution in [-0.2, 0) is 29.4 Å². The van der Waals surface area contributed by atoms with Gasteiger partial charge in [-0.1, -0.05) is 6.07 Å². The molecule has 246 valence electrons. The van der Waals surface area contributed by atoms with E-state index in [1.807, 2.05) is 0 Å². The highest BCUT2D eigenvalue weighted by Gasteiger charge is 2.30. The molecule has 3 N–H and O–H groups in total. The lowest BCUT2D eigenvalue weighted by Crippen LogP contribution is -2.32. The van der Waals surface area contributed by atoms with E-state index in [9.17, 15) is 18.1 Å². The van der Waals surface area contributed by atoms with Gasteiger partial charge in [-0.3, -0.25) is 18.4 Å². The Morgan fingerprint density at radius 2 is 1.93 bits per heavy atom. The van der Waals surface area contributed by atoms with Gasteiger partial charge in [0.15, 0.2) is 28.3 Å². The molecule has 2 aromatic heterocycles. The van der Waals surface area contributed by atoms with Crippen LogP contribution in [0.1, 0.15) is 24.1 Å². The lowest BCUT2D eigenvalue weighted by Gasteiger charge is -2.26. The molecule has 13 nitrogen and oxygen atoms in total. The van der Waals surface area contributed by atoms with E-state index in [4.69, 9.17) is 23.0 Å². The zero-order chi connectivity index (χ0) is 32.5. The number of phosphoric ester groups is 1. The minimum absolute atomic E-state index is 0.0896. The van der Waals surface area contributed by atoms with E-state index in [1.165, 1.54) is 50.2 Å². The molecular weight excluding hydrogens is 645 g/mol. The fraction of sp³-hybridized carbons (Fsp3) is 0.379. The molecule has 46 heavy (non-hydrogen) atoms. The number of carbonyl (C=O) groups is 1. The third kappa shape index (κ3) is 8.72. The van der Waals surface area contributed by atoms with Crippen molar-refractivity contribution in [2.45, 2.75) is 31.8 Å². The van der Waals surface area contributed by atoms with Crippen LogP contribution in [0.4, 0.5) is 25.4 Å². The van der Waals surface area contributed by atoms with Gasteiger partial charge in [-0.15, -0.1) is 11.3 Å². The van der Waals surface area contributed by atoms with E-state index in [0.29, 0.717) is 44.6 Å². The molecule has 4 aromatic rings. The Hall–Kier alpha value is -3.79. The van der Waals surface area contributed by atoms with Crippen LogP contribution in [-0.4, -0.2) is 67.5 Å². The van der Waals surface area contributed by atoms with Crippen LogP contribution in [0.5, 0.6) is 11.5 Å². The van der Waals surface area contributed by atoms with Gasteiger partial charge < -0.3 is 25.4 Å². The highest BCUT2D eigenvalue weighted by atomic mass is 32.1. The van der Waals surface area contributed by atoms with Crippen LogP contribution in [0.3, 0.4) is 0 Å². The van der Waals surface area contributed by atoms with Crippen molar-refractivity contribution in [3.63, 3.8) is 0 Å². The summed E-state index contributed by atoms with van der Waals surface area (Å²) in [5.74, 6) is -1.37. The summed E-state index contributed by atoms with van der Waals surface area (Å²) in [5, 5.41) is 9.81. The van der Waals surface area contributed by atoms with Gasteiger partial charge >= 0.3 is 7.82 Å². The fourth-order valence-electron chi connectivity index (χ4n) is 4.56. The smallest absolute Gasteiger partial charge is 0.474 e. The number of hydrogen-bond donors (Lipinski definition) is 3. The number of benzene rings is 2. The van der Waals surface area contributed by atoms with Crippen LogP contribution in [0.2, 0.25) is 0 Å². The van der Waals surface area contributed by atoms with Gasteiger partial charge in [0.25, 0.3) is 0 Å². The Morgan fingerprint density at radius 1 is 1.11 bits per heavy atom. The average molecular weight is 679 g/mol. The summed E-state index contributed by atoms with van der Waals surface area (Å²) in [6, 6.07) is 7.00. The molecule has 3 heterocycles. The standard InChI is InChI=1S/C29H33F2N6O7PS/c1-40-24-14-20-23(15-25(24)42-11-4-12-43-45(39,41-2)44-18-7-9-32-10-8-18)34-17-35-28(20)37-29-33-16-19(46-29)13-26(38)36-22-6-3-5-21(30)27(22)31/h3,5-6,14-18,32H,4,7-13H2,1-2H3,(H,36,38)(H,33,34,35,37). The molecule has 0 aliphatic carbocycles. The number of carbonyl (C=O) groups excluding carboxylic acids is 1. The predicted molar refractivity (Wildman–Crippen MR) is 168 cm³/mol. The van der Waals surface area contributed by atoms with Crippen LogP contribution in [0.25, 0.3) is 10.9 Å². The first-order valence-electron chi connectivity index (χ1n) is 14.4. The van der Waals surface area contributed by atoms with Gasteiger partial charge in [-0.2, -0.15) is 0 Å². The number of methoxy groups -OCH3 is 1. The van der Waals surface area contributed by atoms with Crippen molar-refractivity contribution in [3.8, 4) is 11.5 Å². The number of aromatic nitrogens is 3. The molecule has 17 heteroatoms. The Labute approximate surface area is 267 Å². The second-order valence-electron chi connectivity index (χ2n) is 10.0. The van der Waals surface area contributed by atoms with Crippen molar-refractivity contribution < 1.29 is 41.2 Å². The number of amides is 1. The molecule has 0 radical (unpaired) electrons. The van der Waals surface area contributed by atoms with E-state index in [0.717, 1.165) is 32.0 Å². The van der Waals surface area contributed by atoms with Crippen LogP contribution in [0.15, 0.2) is 42.9 Å². The summed E-state index contributed by atoms with van der Waals surface area (Å²) in [6.45, 7) is 1.90. The number of thiazole rings is 1. The second kappa shape index (κ2) is 15.7.